The molecule has 7 N–H and O–H groups in total. The van der Waals surface area contributed by atoms with Crippen molar-refractivity contribution >= 4 is 65.0 Å². The monoisotopic (exact) mass is 1000 g/mol. The quantitative estimate of drug-likeness (QED) is 0.0541. The number of ketones is 1. The van der Waals surface area contributed by atoms with Gasteiger partial charge in [-0.2, -0.15) is 0 Å². The number of likely N-dealkylation sites (tertiary alicyclic amines) is 1. The van der Waals surface area contributed by atoms with Crippen LogP contribution in [0.3, 0.4) is 0 Å². The lowest BCUT2D eigenvalue weighted by Gasteiger charge is -2.39. The van der Waals surface area contributed by atoms with Gasteiger partial charge in [-0.1, -0.05) is 59.3 Å². The Labute approximate surface area is 417 Å². The topological polar surface area (TPSA) is 302 Å². The number of Topliss-reactive ketones (excluding diaryl/α,β-unsaturated/α-hetero) is 1. The molecule has 0 aromatic carbocycles. The summed E-state index contributed by atoms with van der Waals surface area (Å²) in [7, 11) is 0. The maximum atomic E-state index is 15.3. The Bertz CT molecular complexity index is 1940. The predicted molar refractivity (Wildman–Crippen MR) is 258 cm³/mol. The van der Waals surface area contributed by atoms with E-state index >= 15 is 4.79 Å². The first kappa shape index (κ1) is 59.7. The molecule has 2 aliphatic carbocycles. The molecule has 71 heavy (non-hydrogen) atoms. The van der Waals surface area contributed by atoms with E-state index in [-0.39, 0.29) is 56.4 Å². The van der Waals surface area contributed by atoms with Crippen molar-refractivity contribution in [2.45, 2.75) is 225 Å². The molecule has 400 valence electrons. The Morgan fingerprint density at radius 3 is 1.70 bits per heavy atom. The summed E-state index contributed by atoms with van der Waals surface area (Å²) >= 11 is 0. The molecule has 8 atom stereocenters. The van der Waals surface area contributed by atoms with Gasteiger partial charge in [0.15, 0.2) is 0 Å². The largest absolute Gasteiger partial charge is 0.480 e. The SMILES string of the molecule is CCCC(NC(=O)C1CC2CCCCC2N1C(=O)C(NC(=O)C(NC(=O)C(CCC(=O)OC(C)(C)C)NC(=O)C(CCC(=O)OC(C)(C)C)NC(C)=O)C(C)C)C1CCCCC1)C(=O)C(=O)NCC(=O)O. The fraction of sp³-hybridized carbons (Fsp3) is 0.780. The highest BCUT2D eigenvalue weighted by molar-refractivity contribution is 6.38. The van der Waals surface area contributed by atoms with E-state index in [0.717, 1.165) is 38.5 Å². The molecule has 3 rings (SSSR count). The van der Waals surface area contributed by atoms with E-state index in [2.05, 4.69) is 31.9 Å². The molecule has 2 saturated carbocycles. The van der Waals surface area contributed by atoms with Crippen LogP contribution in [0.2, 0.25) is 0 Å². The van der Waals surface area contributed by atoms with Crippen LogP contribution in [0.1, 0.15) is 172 Å². The molecule has 0 spiro atoms. The average molecular weight is 1000 g/mol. The van der Waals surface area contributed by atoms with Gasteiger partial charge < -0.3 is 51.4 Å². The van der Waals surface area contributed by atoms with E-state index in [4.69, 9.17) is 14.6 Å². The van der Waals surface area contributed by atoms with Gasteiger partial charge in [-0.25, -0.2) is 0 Å². The van der Waals surface area contributed by atoms with Crippen molar-refractivity contribution in [3.05, 3.63) is 0 Å². The Balaban J connectivity index is 1.96. The number of aliphatic carboxylic acids is 1. The summed E-state index contributed by atoms with van der Waals surface area (Å²) in [5, 5.41) is 24.6. The maximum Gasteiger partial charge on any atom is 0.322 e. The Morgan fingerprint density at radius 1 is 0.648 bits per heavy atom. The number of carbonyl (C=O) groups is 11. The third-order valence-corrected chi connectivity index (χ3v) is 12.9. The van der Waals surface area contributed by atoms with E-state index < -0.39 is 125 Å². The molecule has 7 amide bonds. The van der Waals surface area contributed by atoms with Gasteiger partial charge in [-0.15, -0.1) is 0 Å². The molecule has 0 aromatic heterocycles. The van der Waals surface area contributed by atoms with Crippen LogP contribution in [0.25, 0.3) is 0 Å². The number of esters is 2. The Hall–Kier alpha value is -5.63. The van der Waals surface area contributed by atoms with Crippen LogP contribution in [0.5, 0.6) is 0 Å². The summed E-state index contributed by atoms with van der Waals surface area (Å²) in [5.74, 6) is -9.88. The fourth-order valence-electron chi connectivity index (χ4n) is 9.64. The summed E-state index contributed by atoms with van der Waals surface area (Å²) in [5.41, 5.74) is -1.67. The number of amides is 7. The van der Waals surface area contributed by atoms with Gasteiger partial charge in [-0.05, 0) is 111 Å². The van der Waals surface area contributed by atoms with Crippen LogP contribution < -0.4 is 31.9 Å². The number of carboxylic acid groups (broad SMARTS) is 1. The van der Waals surface area contributed by atoms with Crippen LogP contribution in [0.4, 0.5) is 0 Å². The minimum atomic E-state index is -1.45. The van der Waals surface area contributed by atoms with Crippen LogP contribution in [-0.4, -0.2) is 135 Å². The number of nitrogens with one attached hydrogen (secondary N) is 6. The van der Waals surface area contributed by atoms with Crippen molar-refractivity contribution in [1.29, 1.82) is 0 Å². The first-order chi connectivity index (χ1) is 33.1. The highest BCUT2D eigenvalue weighted by atomic mass is 16.6. The van der Waals surface area contributed by atoms with Gasteiger partial charge >= 0.3 is 17.9 Å². The molecule has 0 radical (unpaired) electrons. The highest BCUT2D eigenvalue weighted by Crippen LogP contribution is 2.41. The third kappa shape index (κ3) is 19.5. The zero-order chi connectivity index (χ0) is 53.4. The molecule has 1 aliphatic heterocycles. The fourth-order valence-corrected chi connectivity index (χ4v) is 9.64. The maximum absolute atomic E-state index is 15.3. The van der Waals surface area contributed by atoms with Gasteiger partial charge in [0.25, 0.3) is 5.91 Å². The number of fused-ring (bicyclic) bond motifs is 1. The number of nitrogens with zero attached hydrogens (tertiary/aromatic N) is 1. The number of rotatable bonds is 24. The predicted octanol–water partition coefficient (Wildman–Crippen LogP) is 2.64. The molecule has 1 saturated heterocycles. The molecule has 1 heterocycles. The first-order valence-corrected chi connectivity index (χ1v) is 25.4. The van der Waals surface area contributed by atoms with Crippen molar-refractivity contribution in [3.63, 3.8) is 0 Å². The number of ether oxygens (including phenoxy) is 2. The first-order valence-electron chi connectivity index (χ1n) is 25.4. The molecule has 8 unspecified atom stereocenters. The molecule has 3 aliphatic rings. The normalized spacial score (nSPS) is 20.4. The minimum absolute atomic E-state index is 0.0524. The molecule has 21 nitrogen and oxygen atoms in total. The van der Waals surface area contributed by atoms with E-state index in [1.54, 1.807) is 67.2 Å². The summed E-state index contributed by atoms with van der Waals surface area (Å²) < 4.78 is 10.8. The molecule has 3 fully saturated rings. The Morgan fingerprint density at radius 2 is 1.18 bits per heavy atom. The zero-order valence-electron chi connectivity index (χ0n) is 43.5. The van der Waals surface area contributed by atoms with Crippen molar-refractivity contribution in [2.24, 2.45) is 17.8 Å². The number of carbonyl (C=O) groups excluding carboxylic acids is 10. The average Bonchev–Trinajstić information content (AvgIpc) is 3.67. The molecular weight excluding hydrogens is 923 g/mol. The van der Waals surface area contributed by atoms with E-state index in [0.29, 0.717) is 25.7 Å². The van der Waals surface area contributed by atoms with Crippen LogP contribution in [-0.2, 0) is 62.2 Å². The van der Waals surface area contributed by atoms with Gasteiger partial charge in [-0.3, -0.25) is 52.7 Å². The van der Waals surface area contributed by atoms with Crippen molar-refractivity contribution in [3.8, 4) is 0 Å². The standard InChI is InChI=1S/C50H81N7O14/c1-11-17-32(42(63)47(68)51-27-37(59)60)53-45(66)36-26-31-20-15-16-21-35(31)57(36)48(69)41(30-18-13-12-14-19-30)56-46(67)40(28(2)3)55-44(65)34(23-25-39(62)71-50(8,9)10)54-43(64)33(52-29(4)58)22-24-38(61)70-49(5,6)7/h28,30-36,40-41H,11-27H2,1-10H3,(H,51,68)(H,52,58)(H,53,66)(H,54,64)(H,55,65)(H,56,67)(H,59,60). The second kappa shape index (κ2) is 27.3. The van der Waals surface area contributed by atoms with Crippen molar-refractivity contribution in [1.82, 2.24) is 36.8 Å². The molecule has 21 heteroatoms. The van der Waals surface area contributed by atoms with E-state index in [1.165, 1.54) is 6.92 Å². The number of hydrogen-bond donors (Lipinski definition) is 7. The summed E-state index contributed by atoms with van der Waals surface area (Å²) in [4.78, 5) is 149. The lowest BCUT2D eigenvalue weighted by Crippen LogP contribution is -2.62. The summed E-state index contributed by atoms with van der Waals surface area (Å²) in [6.07, 6.45) is 6.43. The molecular formula is C50H81N7O14. The minimum Gasteiger partial charge on any atom is -0.480 e. The zero-order valence-corrected chi connectivity index (χ0v) is 43.5. The second-order valence-electron chi connectivity index (χ2n) is 21.6. The third-order valence-electron chi connectivity index (χ3n) is 12.9. The smallest absolute Gasteiger partial charge is 0.322 e. The lowest BCUT2D eigenvalue weighted by atomic mass is 9.82. The van der Waals surface area contributed by atoms with Crippen LogP contribution >= 0.6 is 0 Å². The van der Waals surface area contributed by atoms with Crippen LogP contribution in [0.15, 0.2) is 0 Å². The Kier molecular flexibility index (Phi) is 22.9. The van der Waals surface area contributed by atoms with Crippen LogP contribution in [0, 0.1) is 17.8 Å². The van der Waals surface area contributed by atoms with Gasteiger partial charge in [0.05, 0.1) is 6.04 Å². The number of carboxylic acids is 1. The molecule has 0 aromatic rings. The second-order valence-corrected chi connectivity index (χ2v) is 21.6. The van der Waals surface area contributed by atoms with Crippen molar-refractivity contribution < 1.29 is 67.3 Å². The summed E-state index contributed by atoms with van der Waals surface area (Å²) in [6, 6.07) is -7.83. The number of hydrogen-bond acceptors (Lipinski definition) is 13. The highest BCUT2D eigenvalue weighted by Gasteiger charge is 2.51. The van der Waals surface area contributed by atoms with Gasteiger partial charge in [0.2, 0.25) is 41.2 Å². The van der Waals surface area contributed by atoms with E-state index in [1.807, 2.05) is 0 Å². The molecule has 0 bridgehead atoms. The van der Waals surface area contributed by atoms with Crippen molar-refractivity contribution in [2.75, 3.05) is 6.54 Å². The van der Waals surface area contributed by atoms with Gasteiger partial charge in [0.1, 0.15) is 48.0 Å². The van der Waals surface area contributed by atoms with E-state index in [9.17, 15) is 47.9 Å². The van der Waals surface area contributed by atoms with Gasteiger partial charge in [0, 0.05) is 25.8 Å². The lowest BCUT2D eigenvalue weighted by molar-refractivity contribution is -0.156. The summed E-state index contributed by atoms with van der Waals surface area (Å²) in [6.45, 7) is 15.6.